The number of hydrogen-bond donors (Lipinski definition) is 1. The molecule has 0 bridgehead atoms. The molecule has 2 aromatic rings. The van der Waals surface area contributed by atoms with E-state index in [1.165, 1.54) is 11.1 Å². The maximum Gasteiger partial charge on any atom is 0.102 e. The quantitative estimate of drug-likeness (QED) is 0.907. The fourth-order valence-corrected chi connectivity index (χ4v) is 2.65. The van der Waals surface area contributed by atoms with E-state index in [1.54, 1.807) is 0 Å². The molecule has 20 heavy (non-hydrogen) atoms. The first-order valence-corrected chi connectivity index (χ1v) is 7.29. The second-order valence-corrected chi connectivity index (χ2v) is 5.12. The Morgan fingerprint density at radius 1 is 1.35 bits per heavy atom. The summed E-state index contributed by atoms with van der Waals surface area (Å²) in [4.78, 5) is 0. The van der Waals surface area contributed by atoms with Gasteiger partial charge in [-0.25, -0.2) is 0 Å². The van der Waals surface area contributed by atoms with Crippen LogP contribution in [0.15, 0.2) is 36.5 Å². The molecule has 4 nitrogen and oxygen atoms in total. The van der Waals surface area contributed by atoms with Crippen LogP contribution in [0.1, 0.15) is 29.8 Å². The van der Waals surface area contributed by atoms with Crippen molar-refractivity contribution < 1.29 is 4.74 Å². The highest BCUT2D eigenvalue weighted by Gasteiger charge is 2.20. The van der Waals surface area contributed by atoms with Gasteiger partial charge in [-0.3, -0.25) is 4.68 Å². The van der Waals surface area contributed by atoms with Gasteiger partial charge in [0, 0.05) is 12.7 Å². The van der Waals surface area contributed by atoms with E-state index >= 15 is 0 Å². The Morgan fingerprint density at radius 3 is 3.15 bits per heavy atom. The summed E-state index contributed by atoms with van der Waals surface area (Å²) in [5.41, 5.74) is 3.79. The normalized spacial score (nSPS) is 17.9. The average molecular weight is 271 g/mol. The molecule has 3 rings (SSSR count). The van der Waals surface area contributed by atoms with Gasteiger partial charge in [-0.1, -0.05) is 31.2 Å². The molecule has 0 spiro atoms. The molecule has 0 saturated carbocycles. The number of ether oxygens (including phenoxy) is 1. The molecule has 1 atom stereocenters. The van der Waals surface area contributed by atoms with Gasteiger partial charge in [-0.15, -0.1) is 0 Å². The minimum atomic E-state index is 0.117. The molecule has 0 radical (unpaired) electrons. The van der Waals surface area contributed by atoms with Crippen LogP contribution in [0, 0.1) is 0 Å². The van der Waals surface area contributed by atoms with Crippen molar-refractivity contribution in [2.24, 2.45) is 0 Å². The zero-order valence-corrected chi connectivity index (χ0v) is 11.9. The standard InChI is InChI=1S/C16H21N3O/c1-2-17-11-14-7-9-19(18-14)12-16-15-6-4-3-5-13(15)8-10-20-16/h3-7,9,16-17H,2,8,10-12H2,1H3. The smallest absolute Gasteiger partial charge is 0.102 e. The molecule has 1 aliphatic rings. The topological polar surface area (TPSA) is 39.1 Å². The molecule has 0 saturated heterocycles. The highest BCUT2D eigenvalue weighted by Crippen LogP contribution is 2.27. The second kappa shape index (κ2) is 6.20. The fourth-order valence-electron chi connectivity index (χ4n) is 2.65. The van der Waals surface area contributed by atoms with Crippen molar-refractivity contribution in [3.8, 4) is 0 Å². The Morgan fingerprint density at radius 2 is 2.25 bits per heavy atom. The van der Waals surface area contributed by atoms with Crippen LogP contribution in [0.5, 0.6) is 0 Å². The summed E-state index contributed by atoms with van der Waals surface area (Å²) in [5, 5.41) is 7.88. The molecular formula is C16H21N3O. The minimum absolute atomic E-state index is 0.117. The summed E-state index contributed by atoms with van der Waals surface area (Å²) in [7, 11) is 0. The van der Waals surface area contributed by atoms with E-state index in [9.17, 15) is 0 Å². The number of fused-ring (bicyclic) bond motifs is 1. The Labute approximate surface area is 119 Å². The van der Waals surface area contributed by atoms with Crippen LogP contribution in [0.4, 0.5) is 0 Å². The SMILES string of the molecule is CCNCc1ccn(CC2OCCc3ccccc32)n1. The van der Waals surface area contributed by atoms with Crippen molar-refractivity contribution in [3.63, 3.8) is 0 Å². The summed E-state index contributed by atoms with van der Waals surface area (Å²) >= 11 is 0. The maximum atomic E-state index is 5.92. The van der Waals surface area contributed by atoms with E-state index in [1.807, 2.05) is 10.9 Å². The molecule has 0 amide bonds. The largest absolute Gasteiger partial charge is 0.371 e. The number of hydrogen-bond acceptors (Lipinski definition) is 3. The Kier molecular flexibility index (Phi) is 4.14. The van der Waals surface area contributed by atoms with Crippen LogP contribution in [0.25, 0.3) is 0 Å². The predicted octanol–water partition coefficient (Wildman–Crippen LogP) is 2.31. The lowest BCUT2D eigenvalue weighted by Crippen LogP contribution is -2.21. The van der Waals surface area contributed by atoms with Crippen molar-refractivity contribution in [2.45, 2.75) is 32.5 Å². The molecule has 1 aliphatic heterocycles. The summed E-state index contributed by atoms with van der Waals surface area (Å²) in [5.74, 6) is 0. The molecule has 0 fully saturated rings. The molecule has 106 valence electrons. The number of nitrogens with zero attached hydrogens (tertiary/aromatic N) is 2. The molecule has 1 aromatic carbocycles. The first kappa shape index (κ1) is 13.3. The Balaban J connectivity index is 1.71. The van der Waals surface area contributed by atoms with Gasteiger partial charge in [0.1, 0.15) is 6.10 Å². The zero-order valence-electron chi connectivity index (χ0n) is 11.9. The van der Waals surface area contributed by atoms with Gasteiger partial charge >= 0.3 is 0 Å². The van der Waals surface area contributed by atoms with Crippen molar-refractivity contribution in [1.29, 1.82) is 0 Å². The average Bonchev–Trinajstić information content (AvgIpc) is 2.93. The van der Waals surface area contributed by atoms with Gasteiger partial charge in [0.2, 0.25) is 0 Å². The summed E-state index contributed by atoms with van der Waals surface area (Å²) < 4.78 is 7.91. The van der Waals surface area contributed by atoms with Crippen LogP contribution < -0.4 is 5.32 Å². The molecule has 1 N–H and O–H groups in total. The third-order valence-electron chi connectivity index (χ3n) is 3.70. The highest BCUT2D eigenvalue weighted by molar-refractivity contribution is 5.30. The molecule has 1 aromatic heterocycles. The van der Waals surface area contributed by atoms with Crippen molar-refractivity contribution in [3.05, 3.63) is 53.3 Å². The molecule has 4 heteroatoms. The van der Waals surface area contributed by atoms with Gasteiger partial charge in [-0.2, -0.15) is 5.10 Å². The van der Waals surface area contributed by atoms with Crippen LogP contribution in [-0.2, 0) is 24.2 Å². The van der Waals surface area contributed by atoms with E-state index in [2.05, 4.69) is 47.7 Å². The number of rotatable bonds is 5. The lowest BCUT2D eigenvalue weighted by atomic mass is 9.98. The third-order valence-corrected chi connectivity index (χ3v) is 3.70. The van der Waals surface area contributed by atoms with E-state index in [0.29, 0.717) is 0 Å². The molecule has 0 aliphatic carbocycles. The Hall–Kier alpha value is -1.65. The monoisotopic (exact) mass is 271 g/mol. The first-order chi connectivity index (χ1) is 9.86. The number of aromatic nitrogens is 2. The molecule has 1 unspecified atom stereocenters. The van der Waals surface area contributed by atoms with Crippen LogP contribution in [0.2, 0.25) is 0 Å². The van der Waals surface area contributed by atoms with Gasteiger partial charge in [0.15, 0.2) is 0 Å². The van der Waals surface area contributed by atoms with E-state index in [0.717, 1.165) is 38.4 Å². The minimum Gasteiger partial charge on any atom is -0.371 e. The third kappa shape index (κ3) is 2.92. The van der Waals surface area contributed by atoms with E-state index in [-0.39, 0.29) is 6.10 Å². The van der Waals surface area contributed by atoms with Crippen molar-refractivity contribution in [1.82, 2.24) is 15.1 Å². The summed E-state index contributed by atoms with van der Waals surface area (Å²) in [6.07, 6.45) is 3.16. The Bertz CT molecular complexity index is 564. The van der Waals surface area contributed by atoms with Gasteiger partial charge < -0.3 is 10.1 Å². The van der Waals surface area contributed by atoms with Gasteiger partial charge in [0.25, 0.3) is 0 Å². The van der Waals surface area contributed by atoms with Gasteiger partial charge in [-0.05, 0) is 30.2 Å². The van der Waals surface area contributed by atoms with Gasteiger partial charge in [0.05, 0.1) is 18.8 Å². The molecule has 2 heterocycles. The summed E-state index contributed by atoms with van der Waals surface area (Å²) in [6.45, 7) is 5.47. The van der Waals surface area contributed by atoms with Crippen LogP contribution in [0.3, 0.4) is 0 Å². The second-order valence-electron chi connectivity index (χ2n) is 5.12. The van der Waals surface area contributed by atoms with E-state index < -0.39 is 0 Å². The van der Waals surface area contributed by atoms with E-state index in [4.69, 9.17) is 4.74 Å². The lowest BCUT2D eigenvalue weighted by Gasteiger charge is -2.25. The number of nitrogens with one attached hydrogen (secondary N) is 1. The molecular weight excluding hydrogens is 250 g/mol. The first-order valence-electron chi connectivity index (χ1n) is 7.29. The summed E-state index contributed by atoms with van der Waals surface area (Å²) in [6, 6.07) is 10.6. The highest BCUT2D eigenvalue weighted by atomic mass is 16.5. The van der Waals surface area contributed by atoms with Crippen molar-refractivity contribution >= 4 is 0 Å². The predicted molar refractivity (Wildman–Crippen MR) is 78.4 cm³/mol. The van der Waals surface area contributed by atoms with Crippen LogP contribution >= 0.6 is 0 Å². The number of benzene rings is 1. The van der Waals surface area contributed by atoms with Crippen LogP contribution in [-0.4, -0.2) is 22.9 Å². The fraction of sp³-hybridized carbons (Fsp3) is 0.438. The zero-order chi connectivity index (χ0) is 13.8. The van der Waals surface area contributed by atoms with Crippen molar-refractivity contribution in [2.75, 3.05) is 13.2 Å². The maximum absolute atomic E-state index is 5.92. The lowest BCUT2D eigenvalue weighted by molar-refractivity contribution is 0.0282.